The molecule has 178 valence electrons. The normalized spacial score (nSPS) is 12.6. The number of carbonyl (C=O) groups is 2. The Morgan fingerprint density at radius 3 is 2.50 bits per heavy atom. The molecule has 1 heterocycles. The van der Waals surface area contributed by atoms with Crippen molar-refractivity contribution < 1.29 is 31.5 Å². The molecule has 2 aromatic carbocycles. The Morgan fingerprint density at radius 1 is 1.12 bits per heavy atom. The summed E-state index contributed by atoms with van der Waals surface area (Å²) in [4.78, 5) is 29.6. The molecule has 34 heavy (non-hydrogen) atoms. The molecule has 2 amide bonds. The van der Waals surface area contributed by atoms with Crippen molar-refractivity contribution in [3.05, 3.63) is 82.4 Å². The lowest BCUT2D eigenvalue weighted by Gasteiger charge is -2.19. The summed E-state index contributed by atoms with van der Waals surface area (Å²) in [6, 6.07) is 7.01. The van der Waals surface area contributed by atoms with Crippen LogP contribution < -0.4 is 10.2 Å². The summed E-state index contributed by atoms with van der Waals surface area (Å²) in [5.41, 5.74) is -0.228. The van der Waals surface area contributed by atoms with E-state index in [0.29, 0.717) is 11.3 Å². The zero-order chi connectivity index (χ0) is 25.0. The van der Waals surface area contributed by atoms with Gasteiger partial charge in [-0.25, -0.2) is 13.8 Å². The highest BCUT2D eigenvalue weighted by atomic mass is 32.1. The molecule has 0 saturated carbocycles. The van der Waals surface area contributed by atoms with E-state index < -0.39 is 41.2 Å². The Hall–Kier alpha value is -3.60. The van der Waals surface area contributed by atoms with E-state index in [0.717, 1.165) is 46.6 Å². The first-order chi connectivity index (χ1) is 16.0. The highest BCUT2D eigenvalue weighted by Gasteiger charge is 2.31. The molecule has 11 heteroatoms. The average molecular weight is 495 g/mol. The number of carbonyl (C=O) groups excluding carboxylic acids is 2. The molecule has 1 aromatic heterocycles. The van der Waals surface area contributed by atoms with Gasteiger partial charge in [0.15, 0.2) is 16.8 Å². The highest BCUT2D eigenvalue weighted by molar-refractivity contribution is 7.14. The van der Waals surface area contributed by atoms with Crippen LogP contribution in [0.15, 0.2) is 53.9 Å². The SMILES string of the molecule is CC(=O)N(c1cccc(C(F)(F)F)c1)c1nc(/C=C/C(=O)NC(C)c2ccc(F)c(F)c2)cs1. The molecule has 0 fully saturated rings. The van der Waals surface area contributed by atoms with Crippen LogP contribution in [-0.4, -0.2) is 16.8 Å². The predicted octanol–water partition coefficient (Wildman–Crippen LogP) is 6.02. The van der Waals surface area contributed by atoms with Gasteiger partial charge in [0.05, 0.1) is 23.0 Å². The molecule has 1 N–H and O–H groups in total. The fourth-order valence-corrected chi connectivity index (χ4v) is 3.85. The maximum atomic E-state index is 13.4. The Kier molecular flexibility index (Phi) is 7.45. The van der Waals surface area contributed by atoms with E-state index in [1.807, 2.05) is 0 Å². The minimum Gasteiger partial charge on any atom is -0.346 e. The Bertz CT molecular complexity index is 1240. The second kappa shape index (κ2) is 10.1. The molecule has 0 radical (unpaired) electrons. The van der Waals surface area contributed by atoms with Crippen molar-refractivity contribution in [1.29, 1.82) is 0 Å². The number of halogens is 5. The van der Waals surface area contributed by atoms with Gasteiger partial charge in [0, 0.05) is 18.4 Å². The topological polar surface area (TPSA) is 62.3 Å². The molecule has 1 atom stereocenters. The Morgan fingerprint density at radius 2 is 1.85 bits per heavy atom. The van der Waals surface area contributed by atoms with Gasteiger partial charge in [0.1, 0.15) is 0 Å². The lowest BCUT2D eigenvalue weighted by molar-refractivity contribution is -0.137. The summed E-state index contributed by atoms with van der Waals surface area (Å²) >= 11 is 1.01. The molecule has 1 unspecified atom stereocenters. The van der Waals surface area contributed by atoms with Crippen LogP contribution in [0.2, 0.25) is 0 Å². The number of alkyl halides is 3. The molecular formula is C23H18F5N3O2S. The van der Waals surface area contributed by atoms with Gasteiger partial charge >= 0.3 is 6.18 Å². The van der Waals surface area contributed by atoms with Crippen LogP contribution >= 0.6 is 11.3 Å². The zero-order valence-corrected chi connectivity index (χ0v) is 18.7. The third-order valence-corrected chi connectivity index (χ3v) is 5.50. The molecule has 0 aliphatic rings. The van der Waals surface area contributed by atoms with Crippen molar-refractivity contribution in [3.63, 3.8) is 0 Å². The highest BCUT2D eigenvalue weighted by Crippen LogP contribution is 2.35. The summed E-state index contributed by atoms with van der Waals surface area (Å²) in [6.07, 6.45) is -2.05. The summed E-state index contributed by atoms with van der Waals surface area (Å²) in [5, 5.41) is 4.25. The van der Waals surface area contributed by atoms with Crippen molar-refractivity contribution in [3.8, 4) is 0 Å². The Balaban J connectivity index is 1.73. The lowest BCUT2D eigenvalue weighted by Crippen LogP contribution is -2.24. The largest absolute Gasteiger partial charge is 0.416 e. The monoisotopic (exact) mass is 495 g/mol. The van der Waals surface area contributed by atoms with Crippen molar-refractivity contribution in [2.24, 2.45) is 0 Å². The summed E-state index contributed by atoms with van der Waals surface area (Å²) in [7, 11) is 0. The summed E-state index contributed by atoms with van der Waals surface area (Å²) < 4.78 is 65.6. The van der Waals surface area contributed by atoms with Crippen molar-refractivity contribution in [1.82, 2.24) is 10.3 Å². The van der Waals surface area contributed by atoms with Crippen LogP contribution in [0.5, 0.6) is 0 Å². The van der Waals surface area contributed by atoms with Crippen LogP contribution in [0.3, 0.4) is 0 Å². The fourth-order valence-electron chi connectivity index (χ4n) is 2.99. The first kappa shape index (κ1) is 25.0. The Labute approximate surface area is 195 Å². The number of nitrogens with one attached hydrogen (secondary N) is 1. The van der Waals surface area contributed by atoms with E-state index in [2.05, 4.69) is 10.3 Å². The smallest absolute Gasteiger partial charge is 0.346 e. The molecule has 3 aromatic rings. The van der Waals surface area contributed by atoms with Gasteiger partial charge in [0.25, 0.3) is 0 Å². The van der Waals surface area contributed by atoms with Crippen LogP contribution in [0.1, 0.15) is 36.7 Å². The van der Waals surface area contributed by atoms with Crippen LogP contribution in [0.4, 0.5) is 32.8 Å². The second-order valence-electron chi connectivity index (χ2n) is 7.19. The van der Waals surface area contributed by atoms with Gasteiger partial charge in [-0.1, -0.05) is 12.1 Å². The minimum atomic E-state index is -4.57. The first-order valence-corrected chi connectivity index (χ1v) is 10.7. The van der Waals surface area contributed by atoms with Gasteiger partial charge in [-0.05, 0) is 48.9 Å². The fraction of sp³-hybridized carbons (Fsp3) is 0.174. The quantitative estimate of drug-likeness (QED) is 0.336. The predicted molar refractivity (Wildman–Crippen MR) is 118 cm³/mol. The lowest BCUT2D eigenvalue weighted by atomic mass is 10.1. The maximum absolute atomic E-state index is 13.4. The van der Waals surface area contributed by atoms with Gasteiger partial charge in [-0.2, -0.15) is 13.2 Å². The summed E-state index contributed by atoms with van der Waals surface area (Å²) in [5.74, 6) is -3.10. The zero-order valence-electron chi connectivity index (χ0n) is 17.9. The standard InChI is InChI=1S/C23H18F5N3O2S/c1-13(15-6-8-19(24)20(25)10-15)29-21(33)9-7-17-12-34-22(30-17)31(14(2)32)18-5-3-4-16(11-18)23(26,27)28/h3-13H,1-2H3,(H,29,33)/b9-7+. The minimum absolute atomic E-state index is 0.00491. The van der Waals surface area contributed by atoms with E-state index in [1.54, 1.807) is 6.92 Å². The third-order valence-electron chi connectivity index (χ3n) is 4.66. The number of benzene rings is 2. The van der Waals surface area contributed by atoms with Gasteiger partial charge in [0.2, 0.25) is 11.8 Å². The van der Waals surface area contributed by atoms with E-state index in [4.69, 9.17) is 0 Å². The number of hydrogen-bond acceptors (Lipinski definition) is 4. The van der Waals surface area contributed by atoms with Crippen LogP contribution in [0, 0.1) is 11.6 Å². The summed E-state index contributed by atoms with van der Waals surface area (Å²) in [6.45, 7) is 2.80. The van der Waals surface area contributed by atoms with Crippen molar-refractivity contribution in [2.75, 3.05) is 4.90 Å². The molecule has 5 nitrogen and oxygen atoms in total. The number of thiazole rings is 1. The van der Waals surface area contributed by atoms with Crippen molar-refractivity contribution >= 4 is 40.0 Å². The first-order valence-electron chi connectivity index (χ1n) is 9.82. The van der Waals surface area contributed by atoms with E-state index >= 15 is 0 Å². The van der Waals surface area contributed by atoms with Crippen molar-refractivity contribution in [2.45, 2.75) is 26.1 Å². The molecule has 0 aliphatic heterocycles. The number of aromatic nitrogens is 1. The molecule has 0 aliphatic carbocycles. The number of amides is 2. The van der Waals surface area contributed by atoms with E-state index in [-0.39, 0.29) is 10.8 Å². The van der Waals surface area contributed by atoms with E-state index in [1.165, 1.54) is 36.6 Å². The third kappa shape index (κ3) is 6.04. The molecular weight excluding hydrogens is 477 g/mol. The average Bonchev–Trinajstić information content (AvgIpc) is 3.22. The molecule has 0 bridgehead atoms. The number of nitrogens with zero attached hydrogens (tertiary/aromatic N) is 2. The van der Waals surface area contributed by atoms with E-state index in [9.17, 15) is 31.5 Å². The molecule has 3 rings (SSSR count). The molecule has 0 saturated heterocycles. The van der Waals surface area contributed by atoms with Gasteiger partial charge in [-0.3, -0.25) is 14.5 Å². The van der Waals surface area contributed by atoms with Crippen LogP contribution in [-0.2, 0) is 15.8 Å². The molecule has 0 spiro atoms. The van der Waals surface area contributed by atoms with Gasteiger partial charge in [-0.15, -0.1) is 11.3 Å². The number of rotatable bonds is 6. The van der Waals surface area contributed by atoms with Gasteiger partial charge < -0.3 is 5.32 Å². The second-order valence-corrected chi connectivity index (χ2v) is 8.03. The number of anilines is 2. The van der Waals surface area contributed by atoms with Crippen LogP contribution in [0.25, 0.3) is 6.08 Å². The maximum Gasteiger partial charge on any atom is 0.416 e. The number of hydrogen-bond donors (Lipinski definition) is 1.